The first-order valence-electron chi connectivity index (χ1n) is 9.75. The standard InChI is InChI=1S/C24H14ClF5N2O2/c25-16-7-10-19-20(13-16)31-21(11-6-14-4-8-18(9-5-14)34-23(26)27)32(22(19)33)17-3-1-2-15(12-17)24(28,29)30/h1-13,23H/b11-6+. The molecule has 0 aliphatic carbocycles. The highest BCUT2D eigenvalue weighted by atomic mass is 35.5. The summed E-state index contributed by atoms with van der Waals surface area (Å²) in [7, 11) is 0. The maximum absolute atomic E-state index is 13.3. The molecule has 0 atom stereocenters. The molecule has 0 saturated carbocycles. The van der Waals surface area contributed by atoms with Crippen LogP contribution in [0.1, 0.15) is 17.0 Å². The Morgan fingerprint density at radius 2 is 1.71 bits per heavy atom. The predicted molar refractivity (Wildman–Crippen MR) is 119 cm³/mol. The molecule has 0 aliphatic heterocycles. The second-order valence-corrected chi connectivity index (χ2v) is 7.54. The lowest BCUT2D eigenvalue weighted by Crippen LogP contribution is -2.22. The van der Waals surface area contributed by atoms with Crippen LogP contribution in [0.3, 0.4) is 0 Å². The van der Waals surface area contributed by atoms with Gasteiger partial charge >= 0.3 is 12.8 Å². The molecular weight excluding hydrogens is 479 g/mol. The Hall–Kier alpha value is -3.72. The molecule has 0 radical (unpaired) electrons. The monoisotopic (exact) mass is 492 g/mol. The van der Waals surface area contributed by atoms with Gasteiger partial charge < -0.3 is 4.74 Å². The summed E-state index contributed by atoms with van der Waals surface area (Å²) in [6.07, 6.45) is -1.63. The van der Waals surface area contributed by atoms with Gasteiger partial charge in [-0.15, -0.1) is 0 Å². The summed E-state index contributed by atoms with van der Waals surface area (Å²) in [4.78, 5) is 17.7. The van der Waals surface area contributed by atoms with Crippen molar-refractivity contribution in [2.75, 3.05) is 0 Å². The summed E-state index contributed by atoms with van der Waals surface area (Å²) < 4.78 is 69.9. The molecule has 0 spiro atoms. The van der Waals surface area contributed by atoms with Crippen LogP contribution in [0.15, 0.2) is 71.5 Å². The lowest BCUT2D eigenvalue weighted by atomic mass is 10.1. The maximum atomic E-state index is 13.3. The molecule has 4 aromatic rings. The SMILES string of the molecule is O=c1c2ccc(Cl)cc2nc(/C=C/c2ccc(OC(F)F)cc2)n1-c1cccc(C(F)(F)F)c1. The van der Waals surface area contributed by atoms with Gasteiger partial charge in [0, 0.05) is 5.02 Å². The molecule has 3 aromatic carbocycles. The Balaban J connectivity index is 1.85. The summed E-state index contributed by atoms with van der Waals surface area (Å²) in [5.74, 6) is 0.0125. The minimum Gasteiger partial charge on any atom is -0.435 e. The van der Waals surface area contributed by atoms with E-state index in [1.165, 1.54) is 66.7 Å². The van der Waals surface area contributed by atoms with Crippen molar-refractivity contribution in [3.05, 3.63) is 99.1 Å². The second kappa shape index (κ2) is 9.26. The molecule has 0 bridgehead atoms. The Bertz CT molecular complexity index is 1430. The van der Waals surface area contributed by atoms with E-state index in [1.54, 1.807) is 0 Å². The van der Waals surface area contributed by atoms with Gasteiger partial charge in [-0.2, -0.15) is 22.0 Å². The summed E-state index contributed by atoms with van der Waals surface area (Å²) in [5, 5.41) is 0.508. The maximum Gasteiger partial charge on any atom is 0.416 e. The van der Waals surface area contributed by atoms with Crippen LogP contribution in [0.2, 0.25) is 5.02 Å². The molecule has 0 amide bonds. The van der Waals surface area contributed by atoms with Gasteiger partial charge in [-0.3, -0.25) is 9.36 Å². The van der Waals surface area contributed by atoms with Gasteiger partial charge in [0.05, 0.1) is 22.2 Å². The number of alkyl halides is 5. The zero-order valence-electron chi connectivity index (χ0n) is 17.1. The molecule has 4 rings (SSSR count). The van der Waals surface area contributed by atoms with Crippen LogP contribution in [0.5, 0.6) is 5.75 Å². The average Bonchev–Trinajstić information content (AvgIpc) is 2.77. The third-order valence-corrected chi connectivity index (χ3v) is 5.05. The third-order valence-electron chi connectivity index (χ3n) is 4.82. The molecule has 0 N–H and O–H groups in total. The lowest BCUT2D eigenvalue weighted by molar-refractivity contribution is -0.137. The molecule has 0 aliphatic rings. The number of ether oxygens (including phenoxy) is 1. The number of fused-ring (bicyclic) bond motifs is 1. The fourth-order valence-corrected chi connectivity index (χ4v) is 3.46. The summed E-state index contributed by atoms with van der Waals surface area (Å²) in [6.45, 7) is -2.96. The van der Waals surface area contributed by atoms with Crippen LogP contribution in [-0.2, 0) is 6.18 Å². The zero-order chi connectivity index (χ0) is 24.5. The molecule has 0 fully saturated rings. The Morgan fingerprint density at radius 3 is 2.38 bits per heavy atom. The van der Waals surface area contributed by atoms with Crippen LogP contribution >= 0.6 is 11.6 Å². The number of halogens is 6. The molecule has 1 heterocycles. The number of hydrogen-bond acceptors (Lipinski definition) is 3. The first-order valence-corrected chi connectivity index (χ1v) is 10.1. The number of hydrogen-bond donors (Lipinski definition) is 0. The van der Waals surface area contributed by atoms with Crippen molar-refractivity contribution in [2.24, 2.45) is 0 Å². The van der Waals surface area contributed by atoms with E-state index in [-0.39, 0.29) is 28.2 Å². The van der Waals surface area contributed by atoms with Crippen molar-refractivity contribution in [2.45, 2.75) is 12.8 Å². The van der Waals surface area contributed by atoms with E-state index in [9.17, 15) is 26.7 Å². The van der Waals surface area contributed by atoms with Gasteiger partial charge in [-0.1, -0.05) is 35.9 Å². The van der Waals surface area contributed by atoms with Crippen LogP contribution in [-0.4, -0.2) is 16.2 Å². The molecule has 34 heavy (non-hydrogen) atoms. The van der Waals surface area contributed by atoms with Crippen molar-refractivity contribution in [3.8, 4) is 11.4 Å². The molecule has 0 saturated heterocycles. The highest BCUT2D eigenvalue weighted by Crippen LogP contribution is 2.30. The van der Waals surface area contributed by atoms with Gasteiger partial charge in [0.25, 0.3) is 5.56 Å². The van der Waals surface area contributed by atoms with Crippen molar-refractivity contribution < 1.29 is 26.7 Å². The minimum absolute atomic E-state index is 0.0236. The van der Waals surface area contributed by atoms with Gasteiger partial charge in [0.15, 0.2) is 0 Å². The van der Waals surface area contributed by atoms with Gasteiger partial charge in [0.2, 0.25) is 0 Å². The van der Waals surface area contributed by atoms with Crippen molar-refractivity contribution in [1.82, 2.24) is 9.55 Å². The van der Waals surface area contributed by atoms with Crippen molar-refractivity contribution in [1.29, 1.82) is 0 Å². The average molecular weight is 493 g/mol. The van der Waals surface area contributed by atoms with Crippen LogP contribution < -0.4 is 10.3 Å². The molecule has 0 unspecified atom stereocenters. The second-order valence-electron chi connectivity index (χ2n) is 7.10. The fourth-order valence-electron chi connectivity index (χ4n) is 3.29. The van der Waals surface area contributed by atoms with Gasteiger partial charge in [-0.25, -0.2) is 4.98 Å². The van der Waals surface area contributed by atoms with E-state index < -0.39 is 23.9 Å². The third kappa shape index (κ3) is 5.09. The summed E-state index contributed by atoms with van der Waals surface area (Å²) in [5.41, 5.74) is -0.706. The van der Waals surface area contributed by atoms with E-state index in [4.69, 9.17) is 11.6 Å². The van der Waals surface area contributed by atoms with E-state index in [1.807, 2.05) is 0 Å². The van der Waals surface area contributed by atoms with Crippen molar-refractivity contribution >= 4 is 34.7 Å². The predicted octanol–water partition coefficient (Wildman–Crippen LogP) is 6.83. The normalized spacial score (nSPS) is 12.1. The van der Waals surface area contributed by atoms with E-state index in [0.717, 1.165) is 16.7 Å². The van der Waals surface area contributed by atoms with Crippen LogP contribution in [0.25, 0.3) is 28.7 Å². The largest absolute Gasteiger partial charge is 0.435 e. The first-order chi connectivity index (χ1) is 16.1. The van der Waals surface area contributed by atoms with E-state index in [2.05, 4.69) is 9.72 Å². The Kier molecular flexibility index (Phi) is 6.39. The smallest absolute Gasteiger partial charge is 0.416 e. The minimum atomic E-state index is -4.60. The Morgan fingerprint density at radius 1 is 0.971 bits per heavy atom. The number of benzene rings is 3. The first kappa shape index (κ1) is 23.4. The number of nitrogens with zero attached hydrogens (tertiary/aromatic N) is 2. The summed E-state index contributed by atoms with van der Waals surface area (Å²) in [6, 6.07) is 14.4. The lowest BCUT2D eigenvalue weighted by Gasteiger charge is -2.14. The zero-order valence-corrected chi connectivity index (χ0v) is 17.8. The van der Waals surface area contributed by atoms with Crippen LogP contribution in [0.4, 0.5) is 22.0 Å². The van der Waals surface area contributed by atoms with Crippen molar-refractivity contribution in [3.63, 3.8) is 0 Å². The molecule has 4 nitrogen and oxygen atoms in total. The highest BCUT2D eigenvalue weighted by Gasteiger charge is 2.30. The van der Waals surface area contributed by atoms with E-state index >= 15 is 0 Å². The molecule has 10 heteroatoms. The number of rotatable bonds is 5. The Labute approximate surface area is 194 Å². The number of aromatic nitrogens is 2. The van der Waals surface area contributed by atoms with E-state index in [0.29, 0.717) is 10.6 Å². The van der Waals surface area contributed by atoms with Gasteiger partial charge in [-0.05, 0) is 60.2 Å². The highest BCUT2D eigenvalue weighted by molar-refractivity contribution is 6.31. The summed E-state index contributed by atoms with van der Waals surface area (Å²) >= 11 is 6.02. The topological polar surface area (TPSA) is 44.1 Å². The molecule has 1 aromatic heterocycles. The van der Waals surface area contributed by atoms with Gasteiger partial charge in [0.1, 0.15) is 11.6 Å². The molecule has 174 valence electrons. The fraction of sp³-hybridized carbons (Fsp3) is 0.0833. The molecular formula is C24H14ClF5N2O2. The quantitative estimate of drug-likeness (QED) is 0.287. The van der Waals surface area contributed by atoms with Crippen LogP contribution in [0, 0.1) is 0 Å².